The van der Waals surface area contributed by atoms with Gasteiger partial charge in [-0.25, -0.2) is 4.98 Å². The average Bonchev–Trinajstić information content (AvgIpc) is 3.36. The number of aryl methyl sites for hydroxylation is 1. The van der Waals surface area contributed by atoms with Crippen LogP contribution in [-0.4, -0.2) is 38.6 Å². The molecule has 0 bridgehead atoms. The predicted molar refractivity (Wildman–Crippen MR) is 100 cm³/mol. The van der Waals surface area contributed by atoms with E-state index in [0.29, 0.717) is 18.9 Å². The Morgan fingerprint density at radius 2 is 2.33 bits per heavy atom. The Kier molecular flexibility index (Phi) is 4.79. The molecule has 27 heavy (non-hydrogen) atoms. The molecule has 0 aromatic carbocycles. The number of aromatic nitrogens is 4. The number of amides is 1. The lowest BCUT2D eigenvalue weighted by molar-refractivity contribution is -0.125. The summed E-state index contributed by atoms with van der Waals surface area (Å²) in [7, 11) is 0. The molecule has 0 radical (unpaired) electrons. The number of nitrogens with zero attached hydrogens (tertiary/aromatic N) is 5. The first-order chi connectivity index (χ1) is 13.2. The zero-order valence-corrected chi connectivity index (χ0v) is 15.7. The lowest BCUT2D eigenvalue weighted by Gasteiger charge is -2.34. The number of nitrogens with one attached hydrogen (secondary N) is 1. The van der Waals surface area contributed by atoms with Gasteiger partial charge in [0.05, 0.1) is 18.7 Å². The molecule has 1 aliphatic rings. The molecule has 1 aliphatic heterocycles. The van der Waals surface area contributed by atoms with Crippen molar-refractivity contribution in [1.82, 2.24) is 24.9 Å². The largest absolute Gasteiger partial charge is 0.467 e. The lowest BCUT2D eigenvalue weighted by Crippen LogP contribution is -2.44. The molecule has 4 heterocycles. The van der Waals surface area contributed by atoms with Crippen LogP contribution in [0.15, 0.2) is 29.1 Å². The summed E-state index contributed by atoms with van der Waals surface area (Å²) in [4.78, 5) is 23.7. The molecule has 0 unspecified atom stereocenters. The molecule has 3 aromatic heterocycles. The number of carbonyl (C=O) groups excluding carboxylic acids is 1. The quantitative estimate of drug-likeness (QED) is 0.742. The normalized spacial score (nSPS) is 17.4. The molecule has 1 fully saturated rings. The average molecular weight is 368 g/mol. The Labute approximate surface area is 157 Å². The summed E-state index contributed by atoms with van der Waals surface area (Å²) in [5.41, 5.74) is 2.13. The van der Waals surface area contributed by atoms with Crippen LogP contribution in [0.5, 0.6) is 0 Å². The van der Waals surface area contributed by atoms with Crippen molar-refractivity contribution in [3.63, 3.8) is 0 Å². The van der Waals surface area contributed by atoms with Gasteiger partial charge in [-0.2, -0.15) is 14.6 Å². The van der Waals surface area contributed by atoms with E-state index in [1.807, 2.05) is 19.1 Å². The van der Waals surface area contributed by atoms with E-state index >= 15 is 0 Å². The minimum Gasteiger partial charge on any atom is -0.467 e. The Hall–Kier alpha value is -2.90. The molecule has 8 heteroatoms. The Bertz CT molecular complexity index is 933. The fourth-order valence-corrected chi connectivity index (χ4v) is 3.82. The van der Waals surface area contributed by atoms with Crippen LogP contribution in [0.2, 0.25) is 0 Å². The van der Waals surface area contributed by atoms with Crippen molar-refractivity contribution in [1.29, 1.82) is 0 Å². The summed E-state index contributed by atoms with van der Waals surface area (Å²) in [6.45, 7) is 6.11. The summed E-state index contributed by atoms with van der Waals surface area (Å²) < 4.78 is 7.09. The van der Waals surface area contributed by atoms with E-state index in [0.717, 1.165) is 48.6 Å². The second-order valence-corrected chi connectivity index (χ2v) is 6.91. The topological polar surface area (TPSA) is 88.6 Å². The maximum atomic E-state index is 12.7. The highest BCUT2D eigenvalue weighted by Gasteiger charge is 2.29. The number of rotatable bonds is 5. The zero-order chi connectivity index (χ0) is 18.8. The molecular weight excluding hydrogens is 344 g/mol. The maximum Gasteiger partial charge on any atom is 0.254 e. The van der Waals surface area contributed by atoms with Gasteiger partial charge in [-0.3, -0.25) is 4.79 Å². The first-order valence-corrected chi connectivity index (χ1v) is 9.41. The van der Waals surface area contributed by atoms with Gasteiger partial charge in [-0.15, -0.1) is 0 Å². The van der Waals surface area contributed by atoms with Crippen LogP contribution < -0.4 is 10.2 Å². The van der Waals surface area contributed by atoms with Crippen molar-refractivity contribution in [2.24, 2.45) is 5.92 Å². The predicted octanol–water partition coefficient (Wildman–Crippen LogP) is 2.12. The second-order valence-electron chi connectivity index (χ2n) is 6.91. The number of piperidine rings is 1. The van der Waals surface area contributed by atoms with E-state index in [-0.39, 0.29) is 11.8 Å². The summed E-state index contributed by atoms with van der Waals surface area (Å²) in [5.74, 6) is 2.38. The van der Waals surface area contributed by atoms with Gasteiger partial charge >= 0.3 is 0 Å². The molecule has 0 spiro atoms. The first kappa shape index (κ1) is 17.5. The van der Waals surface area contributed by atoms with Crippen molar-refractivity contribution >= 4 is 17.5 Å². The number of hydrogen-bond acceptors (Lipinski definition) is 6. The van der Waals surface area contributed by atoms with Crippen LogP contribution in [0.1, 0.15) is 36.8 Å². The van der Waals surface area contributed by atoms with Crippen molar-refractivity contribution in [2.45, 2.75) is 39.7 Å². The first-order valence-electron chi connectivity index (χ1n) is 9.41. The number of fused-ring (bicyclic) bond motifs is 1. The molecular formula is C19H24N6O2. The smallest absolute Gasteiger partial charge is 0.254 e. The number of carbonyl (C=O) groups is 1. The summed E-state index contributed by atoms with van der Waals surface area (Å²) in [5, 5.41) is 7.36. The highest BCUT2D eigenvalue weighted by molar-refractivity contribution is 5.79. The van der Waals surface area contributed by atoms with E-state index in [1.165, 1.54) is 6.33 Å². The van der Waals surface area contributed by atoms with Crippen molar-refractivity contribution in [2.75, 3.05) is 18.0 Å². The molecule has 0 aliphatic carbocycles. The number of furan rings is 1. The van der Waals surface area contributed by atoms with Crippen LogP contribution in [0.4, 0.5) is 5.82 Å². The van der Waals surface area contributed by atoms with Crippen LogP contribution in [-0.2, 0) is 17.8 Å². The second kappa shape index (κ2) is 7.38. The molecule has 142 valence electrons. The maximum absolute atomic E-state index is 12.7. The van der Waals surface area contributed by atoms with Gasteiger partial charge in [0, 0.05) is 24.3 Å². The van der Waals surface area contributed by atoms with E-state index in [2.05, 4.69) is 32.2 Å². The van der Waals surface area contributed by atoms with Crippen molar-refractivity contribution in [3.8, 4) is 0 Å². The van der Waals surface area contributed by atoms with E-state index in [4.69, 9.17) is 4.42 Å². The minimum absolute atomic E-state index is 0.0644. The van der Waals surface area contributed by atoms with Gasteiger partial charge in [-0.05, 0) is 38.3 Å². The van der Waals surface area contributed by atoms with Crippen LogP contribution >= 0.6 is 0 Å². The van der Waals surface area contributed by atoms with Gasteiger partial charge in [0.2, 0.25) is 5.91 Å². The monoisotopic (exact) mass is 368 g/mol. The molecule has 3 aromatic rings. The van der Waals surface area contributed by atoms with Gasteiger partial charge in [0.1, 0.15) is 17.9 Å². The molecule has 1 N–H and O–H groups in total. The van der Waals surface area contributed by atoms with Crippen LogP contribution in [0.3, 0.4) is 0 Å². The van der Waals surface area contributed by atoms with Gasteiger partial charge in [-0.1, -0.05) is 6.92 Å². The molecule has 1 saturated heterocycles. The van der Waals surface area contributed by atoms with E-state index in [1.54, 1.807) is 10.8 Å². The lowest BCUT2D eigenvalue weighted by atomic mass is 9.96. The highest BCUT2D eigenvalue weighted by atomic mass is 16.3. The molecule has 1 amide bonds. The van der Waals surface area contributed by atoms with Gasteiger partial charge in [0.25, 0.3) is 5.78 Å². The molecule has 8 nitrogen and oxygen atoms in total. The zero-order valence-electron chi connectivity index (χ0n) is 15.7. The summed E-state index contributed by atoms with van der Waals surface area (Å²) in [6.07, 6.45) is 5.84. The molecule has 1 atom stereocenters. The SMILES string of the molecule is CCc1c(C)nc2ncnn2c1N1CCC[C@@H](C(=O)NCc2ccco2)C1. The third-order valence-corrected chi connectivity index (χ3v) is 5.17. The van der Waals surface area contributed by atoms with Crippen LogP contribution in [0, 0.1) is 12.8 Å². The summed E-state index contributed by atoms with van der Waals surface area (Å²) >= 11 is 0. The van der Waals surface area contributed by atoms with Crippen molar-refractivity contribution < 1.29 is 9.21 Å². The minimum atomic E-state index is -0.0644. The number of anilines is 1. The van der Waals surface area contributed by atoms with E-state index < -0.39 is 0 Å². The highest BCUT2D eigenvalue weighted by Crippen LogP contribution is 2.28. The number of hydrogen-bond donors (Lipinski definition) is 1. The summed E-state index contributed by atoms with van der Waals surface area (Å²) in [6, 6.07) is 3.69. The Morgan fingerprint density at radius 3 is 3.11 bits per heavy atom. The third-order valence-electron chi connectivity index (χ3n) is 5.17. The Balaban J connectivity index is 1.55. The Morgan fingerprint density at radius 1 is 1.44 bits per heavy atom. The van der Waals surface area contributed by atoms with Crippen LogP contribution in [0.25, 0.3) is 5.78 Å². The molecule has 0 saturated carbocycles. The third kappa shape index (κ3) is 3.39. The fourth-order valence-electron chi connectivity index (χ4n) is 3.82. The van der Waals surface area contributed by atoms with Crippen molar-refractivity contribution in [3.05, 3.63) is 41.7 Å². The van der Waals surface area contributed by atoms with E-state index in [9.17, 15) is 4.79 Å². The fraction of sp³-hybridized carbons (Fsp3) is 0.474. The molecule has 4 rings (SSSR count). The van der Waals surface area contributed by atoms with Gasteiger partial charge in [0.15, 0.2) is 0 Å². The van der Waals surface area contributed by atoms with Gasteiger partial charge < -0.3 is 14.6 Å². The standard InChI is InChI=1S/C19H24N6O2/c1-3-16-13(2)23-19-21-12-22-25(19)18(16)24-8-4-6-14(11-24)17(26)20-10-15-7-5-9-27-15/h5,7,9,12,14H,3-4,6,8,10-11H2,1-2H3,(H,20,26)/t14-/m1/s1.